The maximum Gasteiger partial charge on any atom is 0.119 e. The van der Waals surface area contributed by atoms with Crippen LogP contribution in [0.15, 0.2) is 24.3 Å². The molecule has 0 bridgehead atoms. The molecule has 3 nitrogen and oxygen atoms in total. The predicted octanol–water partition coefficient (Wildman–Crippen LogP) is 2.97. The summed E-state index contributed by atoms with van der Waals surface area (Å²) in [5, 5.41) is 12.6. The van der Waals surface area contributed by atoms with E-state index in [2.05, 4.69) is 38.2 Å². The molecular formula is C16H27NO2. The topological polar surface area (TPSA) is 41.5 Å². The van der Waals surface area contributed by atoms with Crippen molar-refractivity contribution in [1.29, 1.82) is 0 Å². The number of hydrogen-bond acceptors (Lipinski definition) is 3. The maximum absolute atomic E-state index is 9.26. The van der Waals surface area contributed by atoms with Crippen molar-refractivity contribution in [2.45, 2.75) is 46.2 Å². The quantitative estimate of drug-likeness (QED) is 0.674. The van der Waals surface area contributed by atoms with Crippen LogP contribution in [0.5, 0.6) is 5.75 Å². The highest BCUT2D eigenvalue weighted by atomic mass is 16.5. The van der Waals surface area contributed by atoms with E-state index in [4.69, 9.17) is 4.74 Å². The van der Waals surface area contributed by atoms with Gasteiger partial charge >= 0.3 is 0 Å². The number of aliphatic hydroxyl groups excluding tert-OH is 1. The molecule has 1 rings (SSSR count). The Hall–Kier alpha value is -1.06. The summed E-state index contributed by atoms with van der Waals surface area (Å²) >= 11 is 0. The molecule has 0 fully saturated rings. The lowest BCUT2D eigenvalue weighted by molar-refractivity contribution is 0.210. The fourth-order valence-electron chi connectivity index (χ4n) is 1.80. The van der Waals surface area contributed by atoms with Gasteiger partial charge in [0, 0.05) is 12.6 Å². The van der Waals surface area contributed by atoms with Gasteiger partial charge in [-0.25, -0.2) is 0 Å². The smallest absolute Gasteiger partial charge is 0.119 e. The van der Waals surface area contributed by atoms with Crippen LogP contribution in [-0.4, -0.2) is 24.4 Å². The highest BCUT2D eigenvalue weighted by Crippen LogP contribution is 2.13. The summed E-state index contributed by atoms with van der Waals surface area (Å²) in [5.41, 5.74) is 1.21. The van der Waals surface area contributed by atoms with Gasteiger partial charge in [-0.1, -0.05) is 39.3 Å². The summed E-state index contributed by atoms with van der Waals surface area (Å²) in [4.78, 5) is 0. The van der Waals surface area contributed by atoms with Crippen LogP contribution in [0.1, 0.15) is 39.2 Å². The molecule has 0 unspecified atom stereocenters. The molecule has 2 N–H and O–H groups in total. The van der Waals surface area contributed by atoms with Crippen molar-refractivity contribution in [3.05, 3.63) is 29.8 Å². The summed E-state index contributed by atoms with van der Waals surface area (Å²) in [7, 11) is 0. The average molecular weight is 265 g/mol. The van der Waals surface area contributed by atoms with Crippen molar-refractivity contribution in [1.82, 2.24) is 5.32 Å². The predicted molar refractivity (Wildman–Crippen MR) is 79.4 cm³/mol. The Morgan fingerprint density at radius 2 is 1.89 bits per heavy atom. The van der Waals surface area contributed by atoms with E-state index in [-0.39, 0.29) is 12.6 Å². The van der Waals surface area contributed by atoms with Crippen molar-refractivity contribution < 1.29 is 9.84 Å². The van der Waals surface area contributed by atoms with Crippen molar-refractivity contribution in [2.75, 3.05) is 13.2 Å². The Labute approximate surface area is 117 Å². The van der Waals surface area contributed by atoms with Crippen LogP contribution in [0.25, 0.3) is 0 Å². The lowest BCUT2D eigenvalue weighted by Crippen LogP contribution is -2.36. The van der Waals surface area contributed by atoms with Crippen LogP contribution in [0.4, 0.5) is 0 Å². The van der Waals surface area contributed by atoms with E-state index in [1.54, 1.807) is 0 Å². The molecule has 19 heavy (non-hydrogen) atoms. The first-order valence-electron chi connectivity index (χ1n) is 7.23. The number of unbranched alkanes of at least 4 members (excludes halogenated alkanes) is 1. The van der Waals surface area contributed by atoms with Gasteiger partial charge in [-0.2, -0.15) is 0 Å². The van der Waals surface area contributed by atoms with Crippen LogP contribution in [0, 0.1) is 5.92 Å². The minimum Gasteiger partial charge on any atom is -0.494 e. The summed E-state index contributed by atoms with van der Waals surface area (Å²) in [6, 6.07) is 8.32. The number of ether oxygens (including phenoxy) is 1. The molecule has 0 saturated carbocycles. The lowest BCUT2D eigenvalue weighted by Gasteiger charge is -2.20. The SMILES string of the molecule is CCCCOc1ccc(CN[C@H](CO)C(C)C)cc1. The van der Waals surface area contributed by atoms with Gasteiger partial charge in [0.15, 0.2) is 0 Å². The van der Waals surface area contributed by atoms with Gasteiger partial charge in [0.1, 0.15) is 5.75 Å². The van der Waals surface area contributed by atoms with E-state index in [1.807, 2.05) is 12.1 Å². The summed E-state index contributed by atoms with van der Waals surface area (Å²) in [6.45, 7) is 8.12. The van der Waals surface area contributed by atoms with Gasteiger partial charge in [-0.05, 0) is 30.0 Å². The number of benzene rings is 1. The first-order valence-corrected chi connectivity index (χ1v) is 7.23. The second kappa shape index (κ2) is 8.94. The van der Waals surface area contributed by atoms with Crippen molar-refractivity contribution in [3.63, 3.8) is 0 Å². The number of rotatable bonds is 9. The molecule has 1 aromatic carbocycles. The minimum atomic E-state index is 0.153. The first-order chi connectivity index (χ1) is 9.17. The molecule has 0 saturated heterocycles. The largest absolute Gasteiger partial charge is 0.494 e. The fraction of sp³-hybridized carbons (Fsp3) is 0.625. The standard InChI is InChI=1S/C16H27NO2/c1-4-5-10-19-15-8-6-14(7-9-15)11-17-16(12-18)13(2)3/h6-9,13,16-18H,4-5,10-12H2,1-3H3/t16-/m1/s1. The third-order valence-corrected chi connectivity index (χ3v) is 3.26. The number of hydrogen-bond donors (Lipinski definition) is 2. The van der Waals surface area contributed by atoms with E-state index < -0.39 is 0 Å². The summed E-state index contributed by atoms with van der Waals surface area (Å²) in [6.07, 6.45) is 2.25. The minimum absolute atomic E-state index is 0.153. The Morgan fingerprint density at radius 3 is 2.42 bits per heavy atom. The van der Waals surface area contributed by atoms with E-state index in [0.717, 1.165) is 31.7 Å². The fourth-order valence-corrected chi connectivity index (χ4v) is 1.80. The Kier molecular flexibility index (Phi) is 7.53. The van der Waals surface area contributed by atoms with Crippen molar-refractivity contribution >= 4 is 0 Å². The molecule has 0 aliphatic carbocycles. The van der Waals surface area contributed by atoms with Gasteiger partial charge in [0.05, 0.1) is 13.2 Å². The average Bonchev–Trinajstić information content (AvgIpc) is 2.41. The third kappa shape index (κ3) is 6.08. The van der Waals surface area contributed by atoms with Crippen LogP contribution < -0.4 is 10.1 Å². The molecule has 0 heterocycles. The molecule has 0 spiro atoms. The molecule has 0 radical (unpaired) electrons. The number of nitrogens with one attached hydrogen (secondary N) is 1. The lowest BCUT2D eigenvalue weighted by atomic mass is 10.1. The molecule has 0 aliphatic rings. The molecule has 0 amide bonds. The highest BCUT2D eigenvalue weighted by molar-refractivity contribution is 5.27. The normalized spacial score (nSPS) is 12.7. The zero-order valence-electron chi connectivity index (χ0n) is 12.4. The molecule has 3 heteroatoms. The second-order valence-electron chi connectivity index (χ2n) is 5.26. The first kappa shape index (κ1) is 16.0. The van der Waals surface area contributed by atoms with Gasteiger partial charge in [0.25, 0.3) is 0 Å². The maximum atomic E-state index is 9.26. The monoisotopic (exact) mass is 265 g/mol. The van der Waals surface area contributed by atoms with Gasteiger partial charge in [-0.15, -0.1) is 0 Å². The van der Waals surface area contributed by atoms with Gasteiger partial charge < -0.3 is 15.2 Å². The van der Waals surface area contributed by atoms with Crippen molar-refractivity contribution in [3.8, 4) is 5.75 Å². The molecule has 0 aliphatic heterocycles. The van der Waals surface area contributed by atoms with Gasteiger partial charge in [-0.3, -0.25) is 0 Å². The van der Waals surface area contributed by atoms with E-state index in [0.29, 0.717) is 5.92 Å². The Morgan fingerprint density at radius 1 is 1.21 bits per heavy atom. The Bertz CT molecular complexity index is 335. The van der Waals surface area contributed by atoms with E-state index in [9.17, 15) is 5.11 Å². The Balaban J connectivity index is 2.39. The summed E-state index contributed by atoms with van der Waals surface area (Å²) in [5.74, 6) is 1.36. The molecule has 108 valence electrons. The third-order valence-electron chi connectivity index (χ3n) is 3.26. The highest BCUT2D eigenvalue weighted by Gasteiger charge is 2.10. The molecular weight excluding hydrogens is 238 g/mol. The van der Waals surface area contributed by atoms with Crippen molar-refractivity contribution in [2.24, 2.45) is 5.92 Å². The van der Waals surface area contributed by atoms with E-state index in [1.165, 1.54) is 5.56 Å². The molecule has 1 atom stereocenters. The van der Waals surface area contributed by atoms with Crippen LogP contribution in [0.3, 0.4) is 0 Å². The zero-order chi connectivity index (χ0) is 14.1. The number of aliphatic hydroxyl groups is 1. The second-order valence-corrected chi connectivity index (χ2v) is 5.26. The molecule has 1 aromatic rings. The zero-order valence-corrected chi connectivity index (χ0v) is 12.4. The molecule has 0 aromatic heterocycles. The van der Waals surface area contributed by atoms with E-state index >= 15 is 0 Å². The summed E-state index contributed by atoms with van der Waals surface area (Å²) < 4.78 is 5.63. The van der Waals surface area contributed by atoms with Gasteiger partial charge in [0.2, 0.25) is 0 Å². The van der Waals surface area contributed by atoms with Crippen LogP contribution in [-0.2, 0) is 6.54 Å². The van der Waals surface area contributed by atoms with Crippen LogP contribution >= 0.6 is 0 Å². The van der Waals surface area contributed by atoms with Crippen LogP contribution in [0.2, 0.25) is 0 Å².